The molecule has 1 aliphatic heterocycles. The molecule has 14 heavy (non-hydrogen) atoms. The van der Waals surface area contributed by atoms with Gasteiger partial charge in [0, 0.05) is 15.5 Å². The minimum atomic E-state index is -0.756. The quantitative estimate of drug-likeness (QED) is 0.812. The molecule has 2 heterocycles. The van der Waals surface area contributed by atoms with E-state index in [0.717, 1.165) is 0 Å². The fourth-order valence-electron chi connectivity index (χ4n) is 1.37. The Morgan fingerprint density at radius 2 is 2.43 bits per heavy atom. The Morgan fingerprint density at radius 3 is 2.93 bits per heavy atom. The topological polar surface area (TPSA) is 49.3 Å². The second kappa shape index (κ2) is 3.92. The standard InChI is InChI=1S/C9H11NO2S2/c1-5-2-3-7(14-5)8-10-6(4-13-8)9(11)12/h2-3,6,8,10H,4H2,1H3,(H,11,12)/t6-,8?/m0/s1. The second-order valence-corrected chi connectivity index (χ2v) is 5.68. The Morgan fingerprint density at radius 1 is 1.64 bits per heavy atom. The summed E-state index contributed by atoms with van der Waals surface area (Å²) >= 11 is 3.39. The molecule has 0 spiro atoms. The van der Waals surface area contributed by atoms with Crippen molar-refractivity contribution in [3.05, 3.63) is 21.9 Å². The summed E-state index contributed by atoms with van der Waals surface area (Å²) in [6.45, 7) is 2.06. The molecule has 2 N–H and O–H groups in total. The number of carboxylic acid groups (broad SMARTS) is 1. The average Bonchev–Trinajstić information content (AvgIpc) is 2.70. The molecule has 1 aromatic rings. The van der Waals surface area contributed by atoms with E-state index in [-0.39, 0.29) is 5.37 Å². The van der Waals surface area contributed by atoms with Crippen LogP contribution in [0, 0.1) is 6.92 Å². The van der Waals surface area contributed by atoms with Gasteiger partial charge >= 0.3 is 5.97 Å². The van der Waals surface area contributed by atoms with Crippen LogP contribution < -0.4 is 5.32 Å². The number of aliphatic carboxylic acids is 1. The van der Waals surface area contributed by atoms with E-state index in [1.54, 1.807) is 23.1 Å². The number of thioether (sulfide) groups is 1. The number of carboxylic acids is 1. The Labute approximate surface area is 90.5 Å². The highest BCUT2D eigenvalue weighted by Gasteiger charge is 2.30. The average molecular weight is 229 g/mol. The van der Waals surface area contributed by atoms with Crippen LogP contribution in [-0.2, 0) is 4.79 Å². The molecule has 1 aromatic heterocycles. The van der Waals surface area contributed by atoms with Crippen molar-refractivity contribution in [1.29, 1.82) is 0 Å². The summed E-state index contributed by atoms with van der Waals surface area (Å²) in [5, 5.41) is 12.1. The first kappa shape index (κ1) is 10.0. The summed E-state index contributed by atoms with van der Waals surface area (Å²) < 4.78 is 0. The highest BCUT2D eigenvalue weighted by atomic mass is 32.2. The van der Waals surface area contributed by atoms with Crippen molar-refractivity contribution in [2.24, 2.45) is 0 Å². The van der Waals surface area contributed by atoms with E-state index in [0.29, 0.717) is 5.75 Å². The molecule has 0 radical (unpaired) electrons. The van der Waals surface area contributed by atoms with E-state index in [9.17, 15) is 4.79 Å². The predicted octanol–water partition coefficient (Wildman–Crippen LogP) is 1.84. The Hall–Kier alpha value is -0.520. The zero-order chi connectivity index (χ0) is 10.1. The molecule has 0 aliphatic carbocycles. The molecule has 0 aromatic carbocycles. The third kappa shape index (κ3) is 1.94. The third-order valence-corrected chi connectivity index (χ3v) is 4.56. The smallest absolute Gasteiger partial charge is 0.321 e. The lowest BCUT2D eigenvalue weighted by Gasteiger charge is -2.07. The van der Waals surface area contributed by atoms with Gasteiger partial charge in [-0.3, -0.25) is 10.1 Å². The largest absolute Gasteiger partial charge is 0.480 e. The van der Waals surface area contributed by atoms with Crippen molar-refractivity contribution < 1.29 is 9.90 Å². The van der Waals surface area contributed by atoms with Crippen LogP contribution in [0.4, 0.5) is 0 Å². The number of rotatable bonds is 2. The van der Waals surface area contributed by atoms with Gasteiger partial charge in [-0.1, -0.05) is 0 Å². The number of hydrogen-bond acceptors (Lipinski definition) is 4. The molecular weight excluding hydrogens is 218 g/mol. The van der Waals surface area contributed by atoms with Crippen molar-refractivity contribution in [3.8, 4) is 0 Å². The molecule has 1 unspecified atom stereocenters. The van der Waals surface area contributed by atoms with Crippen LogP contribution >= 0.6 is 23.1 Å². The van der Waals surface area contributed by atoms with Crippen LogP contribution in [0.25, 0.3) is 0 Å². The molecule has 1 saturated heterocycles. The fraction of sp³-hybridized carbons (Fsp3) is 0.444. The molecule has 2 atom stereocenters. The number of thiophene rings is 1. The van der Waals surface area contributed by atoms with Crippen LogP contribution in [0.1, 0.15) is 15.1 Å². The van der Waals surface area contributed by atoms with Crippen molar-refractivity contribution in [3.63, 3.8) is 0 Å². The van der Waals surface area contributed by atoms with E-state index in [2.05, 4.69) is 24.4 Å². The zero-order valence-corrected chi connectivity index (χ0v) is 9.32. The van der Waals surface area contributed by atoms with E-state index < -0.39 is 12.0 Å². The summed E-state index contributed by atoms with van der Waals surface area (Å²) in [5.41, 5.74) is 0. The molecule has 0 saturated carbocycles. The Bertz CT molecular complexity index is 350. The fourth-order valence-corrected chi connectivity index (χ4v) is 3.67. The molecule has 0 amide bonds. The summed E-state index contributed by atoms with van der Waals surface area (Å²) in [6.07, 6.45) is 0. The zero-order valence-electron chi connectivity index (χ0n) is 7.69. The van der Waals surface area contributed by atoms with Gasteiger partial charge in [-0.05, 0) is 19.1 Å². The third-order valence-electron chi connectivity index (χ3n) is 2.10. The van der Waals surface area contributed by atoms with Gasteiger partial charge in [0.15, 0.2) is 0 Å². The van der Waals surface area contributed by atoms with Crippen LogP contribution in [0.3, 0.4) is 0 Å². The van der Waals surface area contributed by atoms with Gasteiger partial charge < -0.3 is 5.11 Å². The maximum Gasteiger partial charge on any atom is 0.321 e. The van der Waals surface area contributed by atoms with E-state index in [4.69, 9.17) is 5.11 Å². The van der Waals surface area contributed by atoms with Crippen LogP contribution in [0.5, 0.6) is 0 Å². The molecule has 1 fully saturated rings. The van der Waals surface area contributed by atoms with Crippen LogP contribution in [0.15, 0.2) is 12.1 Å². The number of hydrogen-bond donors (Lipinski definition) is 2. The van der Waals surface area contributed by atoms with Gasteiger partial charge in [-0.2, -0.15) is 0 Å². The highest BCUT2D eigenvalue weighted by molar-refractivity contribution is 7.99. The number of carbonyl (C=O) groups is 1. The van der Waals surface area contributed by atoms with Gasteiger partial charge in [-0.15, -0.1) is 23.1 Å². The number of nitrogens with one attached hydrogen (secondary N) is 1. The molecular formula is C9H11NO2S2. The summed E-state index contributed by atoms with van der Waals surface area (Å²) in [7, 11) is 0. The molecule has 1 aliphatic rings. The predicted molar refractivity (Wildman–Crippen MR) is 58.8 cm³/mol. The number of aryl methyl sites for hydroxylation is 1. The summed E-state index contributed by atoms with van der Waals surface area (Å²) in [6, 6.07) is 3.73. The van der Waals surface area contributed by atoms with E-state index in [1.165, 1.54) is 9.75 Å². The lowest BCUT2D eigenvalue weighted by Crippen LogP contribution is -2.33. The van der Waals surface area contributed by atoms with Crippen molar-refractivity contribution in [2.45, 2.75) is 18.3 Å². The lowest BCUT2D eigenvalue weighted by molar-refractivity contribution is -0.138. The van der Waals surface area contributed by atoms with E-state index >= 15 is 0 Å². The minimum absolute atomic E-state index is 0.162. The summed E-state index contributed by atoms with van der Waals surface area (Å²) in [5.74, 6) is -0.106. The molecule has 76 valence electrons. The van der Waals surface area contributed by atoms with Crippen LogP contribution in [-0.4, -0.2) is 22.9 Å². The minimum Gasteiger partial charge on any atom is -0.480 e. The maximum absolute atomic E-state index is 10.7. The van der Waals surface area contributed by atoms with Gasteiger partial charge in [0.05, 0.1) is 5.37 Å². The van der Waals surface area contributed by atoms with Gasteiger partial charge in [0.2, 0.25) is 0 Å². The van der Waals surface area contributed by atoms with E-state index in [1.807, 2.05) is 0 Å². The monoisotopic (exact) mass is 229 g/mol. The second-order valence-electron chi connectivity index (χ2n) is 3.22. The SMILES string of the molecule is Cc1ccc(C2N[C@H](C(=O)O)CS2)s1. The molecule has 0 bridgehead atoms. The molecule has 2 rings (SSSR count). The Kier molecular flexibility index (Phi) is 2.80. The van der Waals surface area contributed by atoms with Crippen molar-refractivity contribution >= 4 is 29.1 Å². The van der Waals surface area contributed by atoms with Gasteiger partial charge in [0.1, 0.15) is 6.04 Å². The first-order valence-corrected chi connectivity index (χ1v) is 6.20. The normalized spacial score (nSPS) is 26.6. The van der Waals surface area contributed by atoms with Crippen LogP contribution in [0.2, 0.25) is 0 Å². The first-order chi connectivity index (χ1) is 6.66. The Balaban J connectivity index is 2.05. The molecule has 5 heteroatoms. The van der Waals surface area contributed by atoms with Crippen molar-refractivity contribution in [2.75, 3.05) is 5.75 Å². The van der Waals surface area contributed by atoms with Gasteiger partial charge in [0.25, 0.3) is 0 Å². The van der Waals surface area contributed by atoms with Crippen molar-refractivity contribution in [1.82, 2.24) is 5.32 Å². The molecule has 3 nitrogen and oxygen atoms in total. The lowest BCUT2D eigenvalue weighted by atomic mass is 10.3. The van der Waals surface area contributed by atoms with Gasteiger partial charge in [-0.25, -0.2) is 0 Å². The maximum atomic E-state index is 10.7. The first-order valence-electron chi connectivity index (χ1n) is 4.33. The summed E-state index contributed by atoms with van der Waals surface area (Å²) in [4.78, 5) is 13.2. The highest BCUT2D eigenvalue weighted by Crippen LogP contribution is 2.36.